The number of fused-ring (bicyclic) bond motifs is 1. The van der Waals surface area contributed by atoms with Gasteiger partial charge in [0.05, 0.1) is 23.3 Å². The van der Waals surface area contributed by atoms with Crippen molar-refractivity contribution in [3.05, 3.63) is 66.3 Å². The number of imidazole rings is 1. The number of hydrogen-bond donors (Lipinski definition) is 0. The average Bonchev–Trinajstić information content (AvgIpc) is 3.21. The molecule has 0 bridgehead atoms. The molecule has 0 atom stereocenters. The molecule has 25 heavy (non-hydrogen) atoms. The lowest BCUT2D eigenvalue weighted by Gasteiger charge is -2.13. The zero-order chi connectivity index (χ0) is 17.4. The van der Waals surface area contributed by atoms with E-state index in [0.717, 1.165) is 33.9 Å². The molecule has 0 saturated heterocycles. The Hall–Kier alpha value is -3.02. The van der Waals surface area contributed by atoms with Crippen molar-refractivity contribution in [2.75, 3.05) is 0 Å². The molecule has 0 aliphatic heterocycles. The maximum Gasteiger partial charge on any atom is 0.152 e. The van der Waals surface area contributed by atoms with Crippen LogP contribution in [0.5, 0.6) is 0 Å². The highest BCUT2D eigenvalue weighted by molar-refractivity contribution is 5.76. The summed E-state index contributed by atoms with van der Waals surface area (Å²) in [6.07, 6.45) is 5.22. The molecule has 0 aliphatic carbocycles. The topological polar surface area (TPSA) is 61.4 Å². The second kappa shape index (κ2) is 6.12. The molecule has 1 aromatic carbocycles. The third kappa shape index (κ3) is 2.69. The molecule has 0 N–H and O–H groups in total. The number of nitrogens with zero attached hydrogens (tertiary/aromatic N) is 6. The van der Waals surface area contributed by atoms with E-state index in [0.29, 0.717) is 12.5 Å². The van der Waals surface area contributed by atoms with Gasteiger partial charge in [0.15, 0.2) is 5.82 Å². The second-order valence-corrected chi connectivity index (χ2v) is 6.45. The first kappa shape index (κ1) is 15.5. The summed E-state index contributed by atoms with van der Waals surface area (Å²) in [6.45, 7) is 6.97. The van der Waals surface area contributed by atoms with Crippen LogP contribution in [0.15, 0.2) is 49.1 Å². The highest BCUT2D eigenvalue weighted by atomic mass is 15.3. The van der Waals surface area contributed by atoms with Gasteiger partial charge >= 0.3 is 0 Å². The van der Waals surface area contributed by atoms with Crippen LogP contribution in [0.1, 0.15) is 37.0 Å². The van der Waals surface area contributed by atoms with E-state index in [-0.39, 0.29) is 0 Å². The third-order valence-corrected chi connectivity index (χ3v) is 4.34. The largest absolute Gasteiger partial charge is 0.320 e. The minimum Gasteiger partial charge on any atom is -0.320 e. The van der Waals surface area contributed by atoms with E-state index in [4.69, 9.17) is 4.98 Å². The van der Waals surface area contributed by atoms with Crippen LogP contribution in [0.3, 0.4) is 0 Å². The molecule has 0 aliphatic rings. The molecule has 6 heteroatoms. The van der Waals surface area contributed by atoms with Gasteiger partial charge in [-0.15, -0.1) is 0 Å². The summed E-state index contributed by atoms with van der Waals surface area (Å²) >= 11 is 0. The summed E-state index contributed by atoms with van der Waals surface area (Å²) in [5, 5.41) is 4.43. The predicted molar refractivity (Wildman–Crippen MR) is 96.8 cm³/mol. The Balaban J connectivity index is 1.83. The van der Waals surface area contributed by atoms with Crippen molar-refractivity contribution in [1.29, 1.82) is 0 Å². The van der Waals surface area contributed by atoms with Gasteiger partial charge in [-0.3, -0.25) is 4.98 Å². The lowest BCUT2D eigenvalue weighted by atomic mass is 10.2. The van der Waals surface area contributed by atoms with E-state index in [1.807, 2.05) is 36.0 Å². The van der Waals surface area contributed by atoms with Gasteiger partial charge in [-0.1, -0.05) is 26.0 Å². The van der Waals surface area contributed by atoms with Gasteiger partial charge in [0, 0.05) is 18.3 Å². The Morgan fingerprint density at radius 2 is 1.96 bits per heavy atom. The minimum atomic E-state index is 0.325. The summed E-state index contributed by atoms with van der Waals surface area (Å²) in [5.41, 5.74) is 4.19. The molecule has 4 rings (SSSR count). The van der Waals surface area contributed by atoms with E-state index in [1.54, 1.807) is 12.5 Å². The molecule has 0 fully saturated rings. The van der Waals surface area contributed by atoms with Gasteiger partial charge < -0.3 is 4.57 Å². The monoisotopic (exact) mass is 332 g/mol. The fourth-order valence-electron chi connectivity index (χ4n) is 3.12. The summed E-state index contributed by atoms with van der Waals surface area (Å²) < 4.78 is 4.12. The molecule has 126 valence electrons. The standard InChI is InChI=1S/C19H20N6/c1-13(2)19-23-15-6-4-5-7-17(15)24(19)11-18-21-12-22-25(18)16-8-9-20-10-14(16)3/h4-10,12-13H,11H2,1-3H3. The molecule has 0 amide bonds. The van der Waals surface area contributed by atoms with Gasteiger partial charge in [0.2, 0.25) is 0 Å². The van der Waals surface area contributed by atoms with Crippen molar-refractivity contribution < 1.29 is 0 Å². The molecule has 0 saturated carbocycles. The van der Waals surface area contributed by atoms with Crippen LogP contribution >= 0.6 is 0 Å². The molecule has 0 radical (unpaired) electrons. The Labute approximate surface area is 146 Å². The van der Waals surface area contributed by atoms with Crippen LogP contribution in [0, 0.1) is 6.92 Å². The maximum atomic E-state index is 4.81. The third-order valence-electron chi connectivity index (χ3n) is 4.34. The number of aryl methyl sites for hydroxylation is 1. The number of aromatic nitrogens is 6. The van der Waals surface area contributed by atoms with E-state index in [9.17, 15) is 0 Å². The zero-order valence-electron chi connectivity index (χ0n) is 14.6. The number of hydrogen-bond acceptors (Lipinski definition) is 4. The van der Waals surface area contributed by atoms with Crippen LogP contribution in [-0.4, -0.2) is 29.3 Å². The Morgan fingerprint density at radius 1 is 1.12 bits per heavy atom. The first-order valence-electron chi connectivity index (χ1n) is 8.40. The van der Waals surface area contributed by atoms with E-state index in [1.165, 1.54) is 0 Å². The van der Waals surface area contributed by atoms with Crippen molar-refractivity contribution in [1.82, 2.24) is 29.3 Å². The van der Waals surface area contributed by atoms with Crippen molar-refractivity contribution in [3.63, 3.8) is 0 Å². The quantitative estimate of drug-likeness (QED) is 0.574. The lowest BCUT2D eigenvalue weighted by molar-refractivity contribution is 0.646. The van der Waals surface area contributed by atoms with E-state index >= 15 is 0 Å². The Kier molecular flexibility index (Phi) is 3.80. The first-order chi connectivity index (χ1) is 12.1. The molecular weight excluding hydrogens is 312 g/mol. The lowest BCUT2D eigenvalue weighted by Crippen LogP contribution is -2.12. The van der Waals surface area contributed by atoms with Crippen molar-refractivity contribution >= 4 is 11.0 Å². The molecule has 0 spiro atoms. The van der Waals surface area contributed by atoms with Crippen LogP contribution < -0.4 is 0 Å². The van der Waals surface area contributed by atoms with Crippen molar-refractivity contribution in [2.24, 2.45) is 0 Å². The molecular formula is C19H20N6. The summed E-state index contributed by atoms with van der Waals surface area (Å²) in [4.78, 5) is 13.5. The number of pyridine rings is 1. The molecule has 3 aromatic heterocycles. The highest BCUT2D eigenvalue weighted by Crippen LogP contribution is 2.23. The Bertz CT molecular complexity index is 1030. The van der Waals surface area contributed by atoms with Crippen LogP contribution in [0.2, 0.25) is 0 Å². The summed E-state index contributed by atoms with van der Waals surface area (Å²) in [7, 11) is 0. The highest BCUT2D eigenvalue weighted by Gasteiger charge is 2.17. The fourth-order valence-corrected chi connectivity index (χ4v) is 3.12. The number of benzene rings is 1. The molecule has 0 unspecified atom stereocenters. The summed E-state index contributed by atoms with van der Waals surface area (Å²) in [6, 6.07) is 10.2. The van der Waals surface area contributed by atoms with E-state index < -0.39 is 0 Å². The van der Waals surface area contributed by atoms with Crippen LogP contribution in [0.25, 0.3) is 16.7 Å². The van der Waals surface area contributed by atoms with Gasteiger partial charge in [0.25, 0.3) is 0 Å². The van der Waals surface area contributed by atoms with Crippen LogP contribution in [0.4, 0.5) is 0 Å². The Morgan fingerprint density at radius 3 is 2.76 bits per heavy atom. The zero-order valence-corrected chi connectivity index (χ0v) is 14.6. The second-order valence-electron chi connectivity index (χ2n) is 6.45. The van der Waals surface area contributed by atoms with Crippen molar-refractivity contribution in [2.45, 2.75) is 33.2 Å². The normalized spacial score (nSPS) is 11.5. The molecule has 4 aromatic rings. The van der Waals surface area contributed by atoms with Gasteiger partial charge in [-0.2, -0.15) is 5.10 Å². The summed E-state index contributed by atoms with van der Waals surface area (Å²) in [5.74, 6) is 2.26. The first-order valence-corrected chi connectivity index (χ1v) is 8.40. The predicted octanol–water partition coefficient (Wildman–Crippen LogP) is 3.49. The van der Waals surface area contributed by atoms with Crippen molar-refractivity contribution in [3.8, 4) is 5.69 Å². The number of para-hydroxylation sites is 2. The average molecular weight is 332 g/mol. The van der Waals surface area contributed by atoms with Crippen LogP contribution in [-0.2, 0) is 6.54 Å². The maximum absolute atomic E-state index is 4.81. The number of rotatable bonds is 4. The SMILES string of the molecule is Cc1cnccc1-n1ncnc1Cn1c(C(C)C)nc2ccccc21. The smallest absolute Gasteiger partial charge is 0.152 e. The fraction of sp³-hybridized carbons (Fsp3) is 0.263. The molecule has 6 nitrogen and oxygen atoms in total. The minimum absolute atomic E-state index is 0.325. The van der Waals surface area contributed by atoms with Gasteiger partial charge in [0.1, 0.15) is 12.2 Å². The van der Waals surface area contributed by atoms with Gasteiger partial charge in [-0.25, -0.2) is 14.6 Å². The van der Waals surface area contributed by atoms with Gasteiger partial charge in [-0.05, 0) is 30.7 Å². The molecule has 3 heterocycles. The van der Waals surface area contributed by atoms with E-state index in [2.05, 4.69) is 45.6 Å².